The Hall–Kier alpha value is -1.62. The second-order valence-electron chi connectivity index (χ2n) is 4.93. The molecule has 4 nitrogen and oxygen atoms in total. The van der Waals surface area contributed by atoms with Gasteiger partial charge in [0.25, 0.3) is 5.91 Å². The van der Waals surface area contributed by atoms with Crippen molar-refractivity contribution < 1.29 is 13.9 Å². The number of carbonyl (C=O) groups is 1. The van der Waals surface area contributed by atoms with E-state index in [0.29, 0.717) is 17.7 Å². The average molecular weight is 268 g/mol. The third-order valence-corrected chi connectivity index (χ3v) is 2.66. The van der Waals surface area contributed by atoms with Crippen molar-refractivity contribution in [1.82, 2.24) is 4.90 Å². The Morgan fingerprint density at radius 3 is 2.58 bits per heavy atom. The number of likely N-dealkylation sites (N-methyl/N-ethyl adjacent to an activating group) is 1. The lowest BCUT2D eigenvalue weighted by molar-refractivity contribution is -0.135. The van der Waals surface area contributed by atoms with E-state index in [4.69, 9.17) is 10.5 Å². The summed E-state index contributed by atoms with van der Waals surface area (Å²) in [6, 6.07) is 4.13. The van der Waals surface area contributed by atoms with Crippen LogP contribution in [-0.4, -0.2) is 37.0 Å². The van der Waals surface area contributed by atoms with Crippen LogP contribution in [0.5, 0.6) is 5.75 Å². The smallest absolute Gasteiger partial charge is 0.262 e. The van der Waals surface area contributed by atoms with Crippen LogP contribution in [0.2, 0.25) is 0 Å². The van der Waals surface area contributed by atoms with Crippen molar-refractivity contribution in [3.63, 3.8) is 0 Å². The van der Waals surface area contributed by atoms with Crippen LogP contribution in [0.1, 0.15) is 19.4 Å². The topological polar surface area (TPSA) is 55.6 Å². The number of rotatable bonds is 5. The highest BCUT2D eigenvalue weighted by molar-refractivity contribution is 5.80. The molecule has 2 atom stereocenters. The number of ether oxygens (including phenoxy) is 1. The first-order valence-corrected chi connectivity index (χ1v) is 6.23. The lowest BCUT2D eigenvalue weighted by atomic mass is 10.1. The number of amides is 1. The van der Waals surface area contributed by atoms with Gasteiger partial charge in [-0.05, 0) is 44.0 Å². The van der Waals surface area contributed by atoms with Gasteiger partial charge in [0.05, 0.1) is 0 Å². The third-order valence-electron chi connectivity index (χ3n) is 2.66. The Morgan fingerprint density at radius 1 is 1.42 bits per heavy atom. The molecular formula is C14H21FN2O2. The van der Waals surface area contributed by atoms with Crippen LogP contribution in [0.4, 0.5) is 4.39 Å². The second-order valence-corrected chi connectivity index (χ2v) is 4.93. The van der Waals surface area contributed by atoms with Gasteiger partial charge in [-0.15, -0.1) is 0 Å². The molecule has 0 spiro atoms. The van der Waals surface area contributed by atoms with Crippen LogP contribution in [-0.2, 0) is 11.2 Å². The van der Waals surface area contributed by atoms with E-state index in [1.165, 1.54) is 23.1 Å². The van der Waals surface area contributed by atoms with Gasteiger partial charge in [0.1, 0.15) is 11.6 Å². The second kappa shape index (κ2) is 6.52. The maximum atomic E-state index is 13.3. The average Bonchev–Trinajstić information content (AvgIpc) is 2.30. The van der Waals surface area contributed by atoms with Crippen LogP contribution in [0.15, 0.2) is 18.2 Å². The van der Waals surface area contributed by atoms with E-state index in [2.05, 4.69) is 0 Å². The molecule has 0 saturated heterocycles. The number of hydrogen-bond donors (Lipinski definition) is 1. The van der Waals surface area contributed by atoms with Crippen molar-refractivity contribution in [2.45, 2.75) is 32.4 Å². The summed E-state index contributed by atoms with van der Waals surface area (Å²) in [5, 5.41) is 0. The van der Waals surface area contributed by atoms with E-state index in [1.54, 1.807) is 21.0 Å². The summed E-state index contributed by atoms with van der Waals surface area (Å²) in [7, 11) is 3.32. The predicted molar refractivity (Wildman–Crippen MR) is 72.5 cm³/mol. The fourth-order valence-corrected chi connectivity index (χ4v) is 1.77. The van der Waals surface area contributed by atoms with Crippen molar-refractivity contribution in [2.24, 2.45) is 5.73 Å². The maximum Gasteiger partial charge on any atom is 0.262 e. The molecule has 0 fully saturated rings. The van der Waals surface area contributed by atoms with Crippen LogP contribution >= 0.6 is 0 Å². The molecule has 5 heteroatoms. The van der Waals surface area contributed by atoms with E-state index in [1.807, 2.05) is 6.92 Å². The lowest BCUT2D eigenvalue weighted by Gasteiger charge is -2.20. The molecule has 2 unspecified atom stereocenters. The molecule has 0 aliphatic carbocycles. The van der Waals surface area contributed by atoms with E-state index in [9.17, 15) is 9.18 Å². The minimum Gasteiger partial charge on any atom is -0.481 e. The quantitative estimate of drug-likeness (QED) is 0.882. The molecule has 0 heterocycles. The number of halogens is 1. The molecule has 0 bridgehead atoms. The highest BCUT2D eigenvalue weighted by Gasteiger charge is 2.18. The van der Waals surface area contributed by atoms with Gasteiger partial charge in [0.2, 0.25) is 0 Å². The Bertz CT molecular complexity index is 447. The van der Waals surface area contributed by atoms with Gasteiger partial charge in [0.15, 0.2) is 6.10 Å². The Labute approximate surface area is 113 Å². The van der Waals surface area contributed by atoms with Gasteiger partial charge in [-0.1, -0.05) is 0 Å². The number of carbonyl (C=O) groups excluding carboxylic acids is 1. The van der Waals surface area contributed by atoms with Crippen molar-refractivity contribution in [3.05, 3.63) is 29.6 Å². The van der Waals surface area contributed by atoms with Crippen LogP contribution in [0.25, 0.3) is 0 Å². The summed E-state index contributed by atoms with van der Waals surface area (Å²) in [6.07, 6.45) is -0.122. The summed E-state index contributed by atoms with van der Waals surface area (Å²) in [4.78, 5) is 13.2. The zero-order chi connectivity index (χ0) is 14.6. The fourth-order valence-electron chi connectivity index (χ4n) is 1.77. The van der Waals surface area contributed by atoms with E-state index in [0.717, 1.165) is 0 Å². The molecule has 0 aliphatic heterocycles. The van der Waals surface area contributed by atoms with Gasteiger partial charge >= 0.3 is 0 Å². The number of nitrogens with zero attached hydrogens (tertiary/aromatic N) is 1. The molecule has 0 aromatic heterocycles. The van der Waals surface area contributed by atoms with Crippen LogP contribution in [0, 0.1) is 5.82 Å². The SMILES string of the molecule is CC(N)Cc1cc(F)ccc1OC(C)C(=O)N(C)C. The summed E-state index contributed by atoms with van der Waals surface area (Å²) < 4.78 is 18.9. The number of nitrogens with two attached hydrogens (primary N) is 1. The Morgan fingerprint density at radius 2 is 2.05 bits per heavy atom. The normalized spacial score (nSPS) is 13.8. The maximum absolute atomic E-state index is 13.3. The highest BCUT2D eigenvalue weighted by atomic mass is 19.1. The molecule has 1 aromatic carbocycles. The summed E-state index contributed by atoms with van der Waals surface area (Å²) in [5.74, 6) is 0.0204. The first kappa shape index (κ1) is 15.4. The molecule has 0 saturated carbocycles. The Balaban J connectivity index is 2.91. The largest absolute Gasteiger partial charge is 0.481 e. The Kier molecular flexibility index (Phi) is 5.30. The lowest BCUT2D eigenvalue weighted by Crippen LogP contribution is -2.35. The van der Waals surface area contributed by atoms with Crippen molar-refractivity contribution in [3.8, 4) is 5.75 Å². The molecule has 1 rings (SSSR count). The standard InChI is InChI=1S/C14H21FN2O2/c1-9(16)7-11-8-12(15)5-6-13(11)19-10(2)14(18)17(3)4/h5-6,8-10H,7,16H2,1-4H3. The van der Waals surface area contributed by atoms with Gasteiger partial charge in [-0.3, -0.25) is 4.79 Å². The summed E-state index contributed by atoms with van der Waals surface area (Å²) >= 11 is 0. The molecule has 0 aliphatic rings. The third kappa shape index (κ3) is 4.52. The first-order chi connectivity index (χ1) is 8.81. The van der Waals surface area contributed by atoms with E-state index < -0.39 is 6.10 Å². The minimum absolute atomic E-state index is 0.107. The summed E-state index contributed by atoms with van der Waals surface area (Å²) in [6.45, 7) is 3.50. The van der Waals surface area contributed by atoms with Crippen LogP contribution in [0.3, 0.4) is 0 Å². The molecule has 106 valence electrons. The zero-order valence-electron chi connectivity index (χ0n) is 11.8. The monoisotopic (exact) mass is 268 g/mol. The van der Waals surface area contributed by atoms with Crippen LogP contribution < -0.4 is 10.5 Å². The van der Waals surface area contributed by atoms with Crippen molar-refractivity contribution in [1.29, 1.82) is 0 Å². The molecule has 0 radical (unpaired) electrons. The summed E-state index contributed by atoms with van der Waals surface area (Å²) in [5.41, 5.74) is 6.40. The van der Waals surface area contributed by atoms with E-state index >= 15 is 0 Å². The van der Waals surface area contributed by atoms with Gasteiger partial charge in [-0.25, -0.2) is 4.39 Å². The molecule has 2 N–H and O–H groups in total. The number of benzene rings is 1. The molecule has 1 amide bonds. The zero-order valence-corrected chi connectivity index (χ0v) is 11.8. The fraction of sp³-hybridized carbons (Fsp3) is 0.500. The van der Waals surface area contributed by atoms with Gasteiger partial charge in [-0.2, -0.15) is 0 Å². The molecular weight excluding hydrogens is 247 g/mol. The van der Waals surface area contributed by atoms with E-state index in [-0.39, 0.29) is 17.8 Å². The predicted octanol–water partition coefficient (Wildman–Crippen LogP) is 1.57. The molecule has 19 heavy (non-hydrogen) atoms. The van der Waals surface area contributed by atoms with Crippen molar-refractivity contribution >= 4 is 5.91 Å². The minimum atomic E-state index is -0.618. The first-order valence-electron chi connectivity index (χ1n) is 6.23. The number of hydrogen-bond acceptors (Lipinski definition) is 3. The van der Waals surface area contributed by atoms with Gasteiger partial charge < -0.3 is 15.4 Å². The van der Waals surface area contributed by atoms with Crippen molar-refractivity contribution in [2.75, 3.05) is 14.1 Å². The molecule has 1 aromatic rings. The van der Waals surface area contributed by atoms with Gasteiger partial charge in [0, 0.05) is 20.1 Å². The highest BCUT2D eigenvalue weighted by Crippen LogP contribution is 2.22.